The molecule has 0 aromatic rings. The van der Waals surface area contributed by atoms with Crippen molar-refractivity contribution in [2.75, 3.05) is 13.2 Å². The van der Waals surface area contributed by atoms with E-state index in [9.17, 15) is 9.90 Å². The zero-order valence-electron chi connectivity index (χ0n) is 11.3. The third-order valence-corrected chi connectivity index (χ3v) is 3.67. The SMILES string of the molecule is CC(C)(C)C(N)CC(=O)N1CCCCC1CO. The number of hydrogen-bond acceptors (Lipinski definition) is 3. The normalized spacial score (nSPS) is 23.6. The number of aliphatic hydroxyl groups is 1. The first-order valence-corrected chi connectivity index (χ1v) is 6.52. The average Bonchev–Trinajstić information content (AvgIpc) is 2.27. The van der Waals surface area contributed by atoms with Gasteiger partial charge in [-0.2, -0.15) is 0 Å². The van der Waals surface area contributed by atoms with Gasteiger partial charge in [0.25, 0.3) is 0 Å². The summed E-state index contributed by atoms with van der Waals surface area (Å²) in [6.45, 7) is 6.97. The summed E-state index contributed by atoms with van der Waals surface area (Å²) in [7, 11) is 0. The van der Waals surface area contributed by atoms with E-state index in [1.54, 1.807) is 0 Å². The van der Waals surface area contributed by atoms with Gasteiger partial charge in [-0.25, -0.2) is 0 Å². The molecule has 0 aliphatic carbocycles. The molecule has 3 N–H and O–H groups in total. The first-order valence-electron chi connectivity index (χ1n) is 6.52. The molecule has 1 heterocycles. The minimum atomic E-state index is -0.128. The van der Waals surface area contributed by atoms with Gasteiger partial charge in [-0.3, -0.25) is 4.79 Å². The fourth-order valence-corrected chi connectivity index (χ4v) is 2.13. The number of amides is 1. The molecule has 1 amide bonds. The van der Waals surface area contributed by atoms with Gasteiger partial charge in [-0.1, -0.05) is 20.8 Å². The number of aliphatic hydroxyl groups excluding tert-OH is 1. The molecule has 0 aromatic heterocycles. The van der Waals surface area contributed by atoms with Gasteiger partial charge in [0.1, 0.15) is 0 Å². The van der Waals surface area contributed by atoms with E-state index in [1.807, 2.05) is 25.7 Å². The molecule has 1 saturated heterocycles. The van der Waals surface area contributed by atoms with Crippen molar-refractivity contribution in [1.29, 1.82) is 0 Å². The summed E-state index contributed by atoms with van der Waals surface area (Å²) in [4.78, 5) is 14.0. The van der Waals surface area contributed by atoms with Crippen molar-refractivity contribution in [2.45, 2.75) is 58.5 Å². The number of likely N-dealkylation sites (tertiary alicyclic amines) is 1. The first-order chi connectivity index (χ1) is 7.86. The molecule has 1 aliphatic rings. The van der Waals surface area contributed by atoms with Gasteiger partial charge < -0.3 is 15.7 Å². The van der Waals surface area contributed by atoms with E-state index in [0.29, 0.717) is 6.42 Å². The molecule has 17 heavy (non-hydrogen) atoms. The zero-order chi connectivity index (χ0) is 13.1. The van der Waals surface area contributed by atoms with Crippen LogP contribution in [0.15, 0.2) is 0 Å². The highest BCUT2D eigenvalue weighted by molar-refractivity contribution is 5.77. The number of piperidine rings is 1. The zero-order valence-corrected chi connectivity index (χ0v) is 11.3. The summed E-state index contributed by atoms with van der Waals surface area (Å²) in [5.74, 6) is 0.0891. The van der Waals surface area contributed by atoms with Crippen LogP contribution in [0.4, 0.5) is 0 Å². The topological polar surface area (TPSA) is 66.6 Å². The predicted molar refractivity (Wildman–Crippen MR) is 68.5 cm³/mol. The van der Waals surface area contributed by atoms with Crippen LogP contribution in [-0.2, 0) is 4.79 Å². The highest BCUT2D eigenvalue weighted by atomic mass is 16.3. The molecule has 1 rings (SSSR count). The van der Waals surface area contributed by atoms with Crippen LogP contribution < -0.4 is 5.73 Å². The van der Waals surface area contributed by atoms with Gasteiger partial charge in [0.15, 0.2) is 0 Å². The van der Waals surface area contributed by atoms with Gasteiger partial charge >= 0.3 is 0 Å². The summed E-state index contributed by atoms with van der Waals surface area (Å²) >= 11 is 0. The molecule has 1 aliphatic heterocycles. The summed E-state index contributed by atoms with van der Waals surface area (Å²) in [6, 6.07) is -0.125. The first kappa shape index (κ1) is 14.5. The van der Waals surface area contributed by atoms with Crippen LogP contribution in [0.2, 0.25) is 0 Å². The van der Waals surface area contributed by atoms with Crippen LogP contribution >= 0.6 is 0 Å². The van der Waals surface area contributed by atoms with Gasteiger partial charge in [0, 0.05) is 19.0 Å². The molecule has 0 saturated carbocycles. The van der Waals surface area contributed by atoms with Crippen molar-refractivity contribution in [2.24, 2.45) is 11.1 Å². The maximum Gasteiger partial charge on any atom is 0.224 e. The van der Waals surface area contributed by atoms with Crippen LogP contribution in [-0.4, -0.2) is 41.1 Å². The van der Waals surface area contributed by atoms with Gasteiger partial charge in [0.05, 0.1) is 12.6 Å². The van der Waals surface area contributed by atoms with E-state index in [1.165, 1.54) is 0 Å². The van der Waals surface area contributed by atoms with E-state index in [2.05, 4.69) is 0 Å². The number of carbonyl (C=O) groups is 1. The molecule has 0 bridgehead atoms. The second-order valence-corrected chi connectivity index (χ2v) is 6.10. The van der Waals surface area contributed by atoms with Crippen LogP contribution in [0, 0.1) is 5.41 Å². The molecule has 2 atom stereocenters. The highest BCUT2D eigenvalue weighted by Gasteiger charge is 2.30. The highest BCUT2D eigenvalue weighted by Crippen LogP contribution is 2.23. The number of hydrogen-bond donors (Lipinski definition) is 2. The van der Waals surface area contributed by atoms with Crippen LogP contribution in [0.25, 0.3) is 0 Å². The standard InChI is InChI=1S/C13H26N2O2/c1-13(2,3)11(14)8-12(17)15-7-5-4-6-10(15)9-16/h10-11,16H,4-9,14H2,1-3H3. The lowest BCUT2D eigenvalue weighted by molar-refractivity contribution is -0.136. The fourth-order valence-electron chi connectivity index (χ4n) is 2.13. The largest absolute Gasteiger partial charge is 0.394 e. The predicted octanol–water partition coefficient (Wildman–Crippen LogP) is 1.12. The minimum Gasteiger partial charge on any atom is -0.394 e. The molecule has 0 radical (unpaired) electrons. The Balaban J connectivity index is 2.56. The summed E-state index contributed by atoms with van der Waals surface area (Å²) in [5.41, 5.74) is 5.98. The quantitative estimate of drug-likeness (QED) is 0.779. The second kappa shape index (κ2) is 5.83. The average molecular weight is 242 g/mol. The molecule has 100 valence electrons. The number of carbonyl (C=O) groups excluding carboxylic acids is 1. The van der Waals surface area contributed by atoms with E-state index >= 15 is 0 Å². The Labute approximate surface area is 104 Å². The Kier molecular flexibility index (Phi) is 4.95. The monoisotopic (exact) mass is 242 g/mol. The Morgan fingerprint density at radius 2 is 2.12 bits per heavy atom. The summed E-state index contributed by atoms with van der Waals surface area (Å²) in [6.07, 6.45) is 3.42. The van der Waals surface area contributed by atoms with E-state index in [4.69, 9.17) is 5.73 Å². The molecule has 2 unspecified atom stereocenters. The van der Waals surface area contributed by atoms with E-state index < -0.39 is 0 Å². The molecular formula is C13H26N2O2. The molecule has 0 aromatic carbocycles. The fraction of sp³-hybridized carbons (Fsp3) is 0.923. The van der Waals surface area contributed by atoms with Gasteiger partial charge in [-0.15, -0.1) is 0 Å². The summed E-state index contributed by atoms with van der Waals surface area (Å²) in [5, 5.41) is 9.28. The Hall–Kier alpha value is -0.610. The lowest BCUT2D eigenvalue weighted by Crippen LogP contribution is -2.48. The Bertz CT molecular complexity index is 261. The number of rotatable bonds is 3. The number of nitrogens with two attached hydrogens (primary N) is 1. The lowest BCUT2D eigenvalue weighted by atomic mass is 9.85. The van der Waals surface area contributed by atoms with Crippen molar-refractivity contribution >= 4 is 5.91 Å². The molecule has 4 nitrogen and oxygen atoms in total. The third-order valence-electron chi connectivity index (χ3n) is 3.67. The Morgan fingerprint density at radius 1 is 1.47 bits per heavy atom. The van der Waals surface area contributed by atoms with Crippen molar-refractivity contribution < 1.29 is 9.90 Å². The van der Waals surface area contributed by atoms with Crippen molar-refractivity contribution in [3.05, 3.63) is 0 Å². The smallest absolute Gasteiger partial charge is 0.224 e. The third kappa shape index (κ3) is 3.96. The maximum atomic E-state index is 12.2. The van der Waals surface area contributed by atoms with Gasteiger partial charge in [0.2, 0.25) is 5.91 Å². The Morgan fingerprint density at radius 3 is 2.65 bits per heavy atom. The van der Waals surface area contributed by atoms with Crippen LogP contribution in [0.1, 0.15) is 46.5 Å². The second-order valence-electron chi connectivity index (χ2n) is 6.10. The van der Waals surface area contributed by atoms with Crippen molar-refractivity contribution in [3.8, 4) is 0 Å². The van der Waals surface area contributed by atoms with E-state index in [-0.39, 0.29) is 30.0 Å². The molecule has 0 spiro atoms. The van der Waals surface area contributed by atoms with Crippen LogP contribution in [0.3, 0.4) is 0 Å². The minimum absolute atomic E-state index is 0.00317. The van der Waals surface area contributed by atoms with Gasteiger partial charge in [-0.05, 0) is 24.7 Å². The van der Waals surface area contributed by atoms with E-state index in [0.717, 1.165) is 25.8 Å². The van der Waals surface area contributed by atoms with Crippen LogP contribution in [0.5, 0.6) is 0 Å². The summed E-state index contributed by atoms with van der Waals surface area (Å²) < 4.78 is 0. The van der Waals surface area contributed by atoms with Crippen molar-refractivity contribution in [1.82, 2.24) is 4.90 Å². The maximum absolute atomic E-state index is 12.2. The molecular weight excluding hydrogens is 216 g/mol. The molecule has 4 heteroatoms. The van der Waals surface area contributed by atoms with Crippen molar-refractivity contribution in [3.63, 3.8) is 0 Å². The molecule has 1 fully saturated rings. The lowest BCUT2D eigenvalue weighted by Gasteiger charge is -2.36. The number of nitrogens with zero attached hydrogens (tertiary/aromatic N) is 1.